The summed E-state index contributed by atoms with van der Waals surface area (Å²) in [6.07, 6.45) is 3.59. The van der Waals surface area contributed by atoms with Crippen molar-refractivity contribution >= 4 is 11.4 Å². The van der Waals surface area contributed by atoms with Gasteiger partial charge >= 0.3 is 0 Å². The fraction of sp³-hybridized carbons (Fsp3) is 0.571. The van der Waals surface area contributed by atoms with E-state index in [9.17, 15) is 0 Å². The Morgan fingerprint density at radius 1 is 1.29 bits per heavy atom. The van der Waals surface area contributed by atoms with Crippen molar-refractivity contribution in [2.45, 2.75) is 19.3 Å². The van der Waals surface area contributed by atoms with Gasteiger partial charge in [-0.2, -0.15) is 0 Å². The van der Waals surface area contributed by atoms with Gasteiger partial charge in [-0.3, -0.25) is 0 Å². The first-order valence-corrected chi connectivity index (χ1v) is 6.48. The smallest absolute Gasteiger partial charge is 0.0602 e. The predicted molar refractivity (Wildman–Crippen MR) is 72.9 cm³/mol. The summed E-state index contributed by atoms with van der Waals surface area (Å²) >= 11 is 0. The lowest BCUT2D eigenvalue weighted by Gasteiger charge is -2.29. The minimum absolute atomic E-state index is 0.839. The van der Waals surface area contributed by atoms with Crippen molar-refractivity contribution in [2.24, 2.45) is 0 Å². The van der Waals surface area contributed by atoms with Crippen molar-refractivity contribution in [3.8, 4) is 0 Å². The molecule has 0 radical (unpaired) electrons. The highest BCUT2D eigenvalue weighted by molar-refractivity contribution is 5.70. The van der Waals surface area contributed by atoms with Crippen LogP contribution in [-0.2, 0) is 4.74 Å². The Balaban J connectivity index is 2.08. The fourth-order valence-electron chi connectivity index (χ4n) is 2.30. The number of nitrogens with one attached hydrogen (secondary N) is 1. The normalized spacial score (nSPS) is 15.7. The number of anilines is 2. The van der Waals surface area contributed by atoms with Crippen molar-refractivity contribution in [1.82, 2.24) is 0 Å². The lowest BCUT2D eigenvalue weighted by Crippen LogP contribution is -2.29. The molecule has 1 aliphatic rings. The predicted octanol–water partition coefficient (Wildman–Crippen LogP) is 2.74. The molecule has 17 heavy (non-hydrogen) atoms. The summed E-state index contributed by atoms with van der Waals surface area (Å²) in [5, 5.41) is 3.51. The van der Waals surface area contributed by atoms with Crippen molar-refractivity contribution in [3.63, 3.8) is 0 Å². The zero-order chi connectivity index (χ0) is 11.9. The highest BCUT2D eigenvalue weighted by atomic mass is 16.5. The number of ether oxygens (including phenoxy) is 1. The summed E-state index contributed by atoms with van der Waals surface area (Å²) in [5.41, 5.74) is 2.60. The van der Waals surface area contributed by atoms with Crippen molar-refractivity contribution < 1.29 is 4.74 Å². The van der Waals surface area contributed by atoms with Crippen LogP contribution in [0.25, 0.3) is 0 Å². The first-order valence-electron chi connectivity index (χ1n) is 6.48. The van der Waals surface area contributed by atoms with E-state index in [0.29, 0.717) is 0 Å². The topological polar surface area (TPSA) is 24.5 Å². The largest absolute Gasteiger partial charge is 0.385 e. The van der Waals surface area contributed by atoms with E-state index in [4.69, 9.17) is 4.74 Å². The number of nitrogens with zero attached hydrogens (tertiary/aromatic N) is 1. The molecular weight excluding hydrogens is 212 g/mol. The summed E-state index contributed by atoms with van der Waals surface area (Å²) in [6, 6.07) is 8.59. The molecule has 1 N–H and O–H groups in total. The third-order valence-corrected chi connectivity index (χ3v) is 3.19. The lowest BCUT2D eigenvalue weighted by atomic mass is 10.1. The van der Waals surface area contributed by atoms with Gasteiger partial charge in [0, 0.05) is 33.4 Å². The maximum atomic E-state index is 5.13. The van der Waals surface area contributed by atoms with E-state index in [0.717, 1.165) is 32.7 Å². The summed E-state index contributed by atoms with van der Waals surface area (Å²) in [6.45, 7) is 4.16. The van der Waals surface area contributed by atoms with Gasteiger partial charge in [0.15, 0.2) is 0 Å². The minimum Gasteiger partial charge on any atom is -0.385 e. The lowest BCUT2D eigenvalue weighted by molar-refractivity contribution is 0.196. The number of fused-ring (bicyclic) bond motifs is 1. The molecule has 0 fully saturated rings. The summed E-state index contributed by atoms with van der Waals surface area (Å²) in [5.74, 6) is 0. The highest BCUT2D eigenvalue weighted by Crippen LogP contribution is 2.27. The van der Waals surface area contributed by atoms with Crippen LogP contribution >= 0.6 is 0 Å². The molecule has 3 heteroatoms. The molecule has 0 aromatic heterocycles. The maximum absolute atomic E-state index is 5.13. The molecule has 0 spiro atoms. The Hall–Kier alpha value is -1.22. The van der Waals surface area contributed by atoms with Gasteiger partial charge < -0.3 is 15.0 Å². The van der Waals surface area contributed by atoms with Gasteiger partial charge in [0.05, 0.1) is 11.4 Å². The highest BCUT2D eigenvalue weighted by Gasteiger charge is 2.12. The van der Waals surface area contributed by atoms with Crippen LogP contribution in [0.2, 0.25) is 0 Å². The number of methoxy groups -OCH3 is 1. The average molecular weight is 234 g/mol. The van der Waals surface area contributed by atoms with E-state index in [1.54, 1.807) is 7.11 Å². The van der Waals surface area contributed by atoms with Crippen molar-refractivity contribution in [3.05, 3.63) is 24.3 Å². The molecule has 1 heterocycles. The van der Waals surface area contributed by atoms with Crippen molar-refractivity contribution in [2.75, 3.05) is 43.6 Å². The Bertz CT molecular complexity index is 341. The molecule has 0 saturated carbocycles. The molecule has 0 amide bonds. The Morgan fingerprint density at radius 2 is 2.18 bits per heavy atom. The molecule has 1 aromatic carbocycles. The maximum Gasteiger partial charge on any atom is 0.0602 e. The average Bonchev–Trinajstić information content (AvgIpc) is 2.34. The van der Waals surface area contributed by atoms with Gasteiger partial charge in [-0.15, -0.1) is 0 Å². The van der Waals surface area contributed by atoms with E-state index < -0.39 is 0 Å². The summed E-state index contributed by atoms with van der Waals surface area (Å²) in [7, 11) is 1.77. The number of hydrogen-bond donors (Lipinski definition) is 1. The first-order chi connectivity index (χ1) is 8.42. The molecule has 0 bridgehead atoms. The second-order valence-corrected chi connectivity index (χ2v) is 4.48. The second-order valence-electron chi connectivity index (χ2n) is 4.48. The Labute approximate surface area is 104 Å². The first kappa shape index (κ1) is 12.2. The number of para-hydroxylation sites is 2. The van der Waals surface area contributed by atoms with Crippen LogP contribution in [0.15, 0.2) is 24.3 Å². The molecule has 2 rings (SSSR count). The minimum atomic E-state index is 0.839. The Kier molecular flexibility index (Phi) is 4.68. The van der Waals surface area contributed by atoms with Gasteiger partial charge in [0.2, 0.25) is 0 Å². The third-order valence-electron chi connectivity index (χ3n) is 3.19. The van der Waals surface area contributed by atoms with E-state index in [2.05, 4.69) is 34.5 Å². The van der Waals surface area contributed by atoms with Gasteiger partial charge in [-0.05, 0) is 31.4 Å². The molecule has 3 nitrogen and oxygen atoms in total. The summed E-state index contributed by atoms with van der Waals surface area (Å²) in [4.78, 5) is 2.47. The monoisotopic (exact) mass is 234 g/mol. The van der Waals surface area contributed by atoms with E-state index in [1.807, 2.05) is 0 Å². The quantitative estimate of drug-likeness (QED) is 0.811. The number of benzene rings is 1. The fourth-order valence-corrected chi connectivity index (χ4v) is 2.30. The van der Waals surface area contributed by atoms with Crippen LogP contribution in [-0.4, -0.2) is 33.4 Å². The van der Waals surface area contributed by atoms with E-state index in [-0.39, 0.29) is 0 Å². The van der Waals surface area contributed by atoms with Gasteiger partial charge in [0.25, 0.3) is 0 Å². The van der Waals surface area contributed by atoms with Crippen LogP contribution in [0.4, 0.5) is 11.4 Å². The van der Waals surface area contributed by atoms with Crippen LogP contribution < -0.4 is 10.2 Å². The van der Waals surface area contributed by atoms with Crippen LogP contribution in [0, 0.1) is 0 Å². The van der Waals surface area contributed by atoms with Crippen molar-refractivity contribution in [1.29, 1.82) is 0 Å². The zero-order valence-electron chi connectivity index (χ0n) is 10.6. The zero-order valence-corrected chi connectivity index (χ0v) is 10.6. The molecular formula is C14H22N2O. The third kappa shape index (κ3) is 3.37. The van der Waals surface area contributed by atoms with Crippen LogP contribution in [0.1, 0.15) is 19.3 Å². The second kappa shape index (κ2) is 6.50. The van der Waals surface area contributed by atoms with E-state index in [1.165, 1.54) is 24.2 Å². The Morgan fingerprint density at radius 3 is 3.06 bits per heavy atom. The molecule has 0 saturated heterocycles. The van der Waals surface area contributed by atoms with Crippen LogP contribution in [0.3, 0.4) is 0 Å². The van der Waals surface area contributed by atoms with Crippen LogP contribution in [0.5, 0.6) is 0 Å². The number of hydrogen-bond acceptors (Lipinski definition) is 3. The van der Waals surface area contributed by atoms with Gasteiger partial charge in [-0.25, -0.2) is 0 Å². The molecule has 1 aromatic rings. The molecule has 94 valence electrons. The SMILES string of the molecule is COCCCN1CCCCNc2ccccc21. The van der Waals surface area contributed by atoms with E-state index >= 15 is 0 Å². The standard InChI is InChI=1S/C14H22N2O/c1-17-12-6-11-16-10-5-4-9-15-13-7-2-3-8-14(13)16/h2-3,7-8,15H,4-6,9-12H2,1H3. The molecule has 0 atom stereocenters. The number of rotatable bonds is 4. The van der Waals surface area contributed by atoms with Gasteiger partial charge in [0.1, 0.15) is 0 Å². The van der Waals surface area contributed by atoms with Gasteiger partial charge in [-0.1, -0.05) is 12.1 Å². The molecule has 0 unspecified atom stereocenters. The molecule has 0 aliphatic carbocycles. The molecule has 1 aliphatic heterocycles. The summed E-state index contributed by atoms with van der Waals surface area (Å²) < 4.78 is 5.13.